The quantitative estimate of drug-likeness (QED) is 0.910. The maximum Gasteiger partial charge on any atom is 0.273 e. The average molecular weight is 273 g/mol. The Bertz CT molecular complexity index is 549. The topological polar surface area (TPSA) is 58.4 Å². The number of nitrogens with zero attached hydrogens (tertiary/aromatic N) is 2. The first-order valence-corrected chi connectivity index (χ1v) is 7.83. The van der Waals surface area contributed by atoms with Crippen LogP contribution in [-0.4, -0.2) is 40.1 Å². The fourth-order valence-electron chi connectivity index (χ4n) is 4.35. The Morgan fingerprint density at radius 2 is 1.90 bits per heavy atom. The van der Waals surface area contributed by atoms with E-state index in [-0.39, 0.29) is 5.91 Å². The van der Waals surface area contributed by atoms with Crippen LogP contribution in [0.2, 0.25) is 0 Å². The minimum absolute atomic E-state index is 0.0608. The van der Waals surface area contributed by atoms with E-state index < -0.39 is 0 Å². The molecule has 4 fully saturated rings. The van der Waals surface area contributed by atoms with Crippen LogP contribution in [0.5, 0.6) is 0 Å². The third kappa shape index (κ3) is 1.59. The van der Waals surface area contributed by atoms with Crippen molar-refractivity contribution in [1.82, 2.24) is 15.4 Å². The van der Waals surface area contributed by atoms with E-state index in [9.17, 15) is 4.79 Å². The lowest BCUT2D eigenvalue weighted by Gasteiger charge is -2.66. The zero-order valence-electron chi connectivity index (χ0n) is 11.4. The zero-order chi connectivity index (χ0) is 13.3. The molecule has 5 nitrogen and oxygen atoms in total. The standard InChI is InChI=1S/C15H19N3O2/c19-15(13-7-14(20-17-13)8-1-2-8)16-9-3-10-5-12-6-11(4-9)18(10)12/h7-12H,1-6H2,(H,16,19). The van der Waals surface area contributed by atoms with Gasteiger partial charge >= 0.3 is 0 Å². The number of carbonyl (C=O) groups excluding carboxylic acids is 1. The van der Waals surface area contributed by atoms with Crippen LogP contribution in [-0.2, 0) is 0 Å². The Hall–Kier alpha value is -1.36. The van der Waals surface area contributed by atoms with Gasteiger partial charge in [0.15, 0.2) is 5.69 Å². The molecule has 3 saturated heterocycles. The van der Waals surface area contributed by atoms with Crippen molar-refractivity contribution in [1.29, 1.82) is 0 Å². The summed E-state index contributed by atoms with van der Waals surface area (Å²) < 4.78 is 5.26. The first-order valence-electron chi connectivity index (χ1n) is 7.83. The minimum atomic E-state index is -0.0608. The maximum absolute atomic E-state index is 12.2. The number of nitrogens with one attached hydrogen (secondary N) is 1. The molecule has 3 aliphatic heterocycles. The monoisotopic (exact) mass is 273 g/mol. The van der Waals surface area contributed by atoms with E-state index >= 15 is 0 Å². The summed E-state index contributed by atoms with van der Waals surface area (Å²) in [7, 11) is 0. The van der Waals surface area contributed by atoms with Gasteiger partial charge in [-0.2, -0.15) is 0 Å². The fourth-order valence-corrected chi connectivity index (χ4v) is 4.35. The number of hydrogen-bond acceptors (Lipinski definition) is 4. The molecule has 0 bridgehead atoms. The summed E-state index contributed by atoms with van der Waals surface area (Å²) in [6.45, 7) is 0. The highest BCUT2D eigenvalue weighted by Crippen LogP contribution is 2.48. The summed E-state index contributed by atoms with van der Waals surface area (Å²) in [4.78, 5) is 14.9. The maximum atomic E-state index is 12.2. The molecule has 106 valence electrons. The number of piperidine rings is 2. The highest BCUT2D eigenvalue weighted by Gasteiger charge is 2.55. The highest BCUT2D eigenvalue weighted by atomic mass is 16.5. The Morgan fingerprint density at radius 1 is 1.20 bits per heavy atom. The van der Waals surface area contributed by atoms with Crippen molar-refractivity contribution in [2.45, 2.75) is 68.6 Å². The van der Waals surface area contributed by atoms with Gasteiger partial charge in [0, 0.05) is 36.2 Å². The lowest BCUT2D eigenvalue weighted by Crippen LogP contribution is -2.74. The molecule has 5 heteroatoms. The SMILES string of the molecule is O=C(NC1CC2CC3CC(C1)N23)c1cc(C2CC2)on1. The first kappa shape index (κ1) is 11.3. The molecule has 2 atom stereocenters. The Labute approximate surface area is 117 Å². The van der Waals surface area contributed by atoms with Crippen molar-refractivity contribution in [2.24, 2.45) is 0 Å². The van der Waals surface area contributed by atoms with Crippen LogP contribution in [0.1, 0.15) is 60.7 Å². The summed E-state index contributed by atoms with van der Waals surface area (Å²) in [6, 6.07) is 4.45. The second kappa shape index (κ2) is 3.85. The molecule has 0 spiro atoms. The predicted molar refractivity (Wildman–Crippen MR) is 71.4 cm³/mol. The third-order valence-corrected chi connectivity index (χ3v) is 5.54. The first-order chi connectivity index (χ1) is 9.78. The van der Waals surface area contributed by atoms with Gasteiger partial charge in [-0.05, 0) is 38.5 Å². The van der Waals surface area contributed by atoms with Gasteiger partial charge in [-0.3, -0.25) is 9.69 Å². The molecule has 4 aliphatic rings. The third-order valence-electron chi connectivity index (χ3n) is 5.54. The van der Waals surface area contributed by atoms with Crippen molar-refractivity contribution in [3.05, 3.63) is 17.5 Å². The van der Waals surface area contributed by atoms with Crippen molar-refractivity contribution < 1.29 is 9.32 Å². The van der Waals surface area contributed by atoms with E-state index in [0.29, 0.717) is 17.7 Å². The van der Waals surface area contributed by atoms with E-state index in [2.05, 4.69) is 15.4 Å². The van der Waals surface area contributed by atoms with Crippen molar-refractivity contribution >= 4 is 5.91 Å². The summed E-state index contributed by atoms with van der Waals surface area (Å²) >= 11 is 0. The van der Waals surface area contributed by atoms with E-state index in [1.54, 1.807) is 0 Å². The largest absolute Gasteiger partial charge is 0.360 e. The van der Waals surface area contributed by atoms with Crippen molar-refractivity contribution in [2.75, 3.05) is 0 Å². The fraction of sp³-hybridized carbons (Fsp3) is 0.733. The number of carbonyl (C=O) groups is 1. The molecule has 0 radical (unpaired) electrons. The van der Waals surface area contributed by atoms with E-state index in [1.165, 1.54) is 25.7 Å². The van der Waals surface area contributed by atoms with E-state index in [4.69, 9.17) is 4.52 Å². The molecule has 4 heterocycles. The van der Waals surface area contributed by atoms with Gasteiger partial charge in [0.2, 0.25) is 0 Å². The molecule has 1 N–H and O–H groups in total. The number of amides is 1. The van der Waals surface area contributed by atoms with Crippen LogP contribution in [0.3, 0.4) is 0 Å². The molecule has 5 rings (SSSR count). The highest BCUT2D eigenvalue weighted by molar-refractivity contribution is 5.92. The number of hydrogen-bond donors (Lipinski definition) is 1. The second-order valence-corrected chi connectivity index (χ2v) is 6.91. The summed E-state index contributed by atoms with van der Waals surface area (Å²) in [5.74, 6) is 1.33. The van der Waals surface area contributed by atoms with Crippen LogP contribution in [0.15, 0.2) is 10.6 Å². The minimum Gasteiger partial charge on any atom is -0.360 e. The van der Waals surface area contributed by atoms with Crippen molar-refractivity contribution in [3.8, 4) is 0 Å². The van der Waals surface area contributed by atoms with Crippen LogP contribution >= 0.6 is 0 Å². The molecular formula is C15H19N3O2. The van der Waals surface area contributed by atoms with Crippen LogP contribution < -0.4 is 5.32 Å². The summed E-state index contributed by atoms with van der Waals surface area (Å²) in [6.07, 6.45) is 7.20. The zero-order valence-corrected chi connectivity index (χ0v) is 11.4. The Balaban J connectivity index is 1.25. The summed E-state index contributed by atoms with van der Waals surface area (Å²) in [5, 5.41) is 7.08. The molecule has 1 aliphatic carbocycles. The van der Waals surface area contributed by atoms with Gasteiger partial charge in [0.1, 0.15) is 5.76 Å². The Morgan fingerprint density at radius 3 is 2.55 bits per heavy atom. The molecule has 20 heavy (non-hydrogen) atoms. The van der Waals surface area contributed by atoms with Crippen LogP contribution in [0, 0.1) is 0 Å². The lowest BCUT2D eigenvalue weighted by molar-refractivity contribution is -0.150. The molecule has 1 aromatic rings. The van der Waals surface area contributed by atoms with Gasteiger partial charge in [0.25, 0.3) is 5.91 Å². The Kier molecular flexibility index (Phi) is 2.18. The molecular weight excluding hydrogens is 254 g/mol. The van der Waals surface area contributed by atoms with Gasteiger partial charge in [0.05, 0.1) is 0 Å². The van der Waals surface area contributed by atoms with E-state index in [0.717, 1.165) is 36.7 Å². The van der Waals surface area contributed by atoms with Gasteiger partial charge in [-0.25, -0.2) is 0 Å². The van der Waals surface area contributed by atoms with Crippen LogP contribution in [0.25, 0.3) is 0 Å². The molecule has 2 unspecified atom stereocenters. The van der Waals surface area contributed by atoms with Crippen LogP contribution in [0.4, 0.5) is 0 Å². The second-order valence-electron chi connectivity index (χ2n) is 6.91. The molecule has 1 amide bonds. The van der Waals surface area contributed by atoms with Gasteiger partial charge in [-0.15, -0.1) is 0 Å². The molecule has 0 aromatic carbocycles. The van der Waals surface area contributed by atoms with Gasteiger partial charge in [-0.1, -0.05) is 5.16 Å². The predicted octanol–water partition coefficient (Wildman–Crippen LogP) is 1.66. The number of aromatic nitrogens is 1. The van der Waals surface area contributed by atoms with Gasteiger partial charge < -0.3 is 9.84 Å². The molecule has 1 saturated carbocycles. The average Bonchev–Trinajstić information content (AvgIpc) is 3.10. The lowest BCUT2D eigenvalue weighted by atomic mass is 9.68. The molecule has 1 aromatic heterocycles. The smallest absolute Gasteiger partial charge is 0.273 e. The van der Waals surface area contributed by atoms with Crippen molar-refractivity contribution in [3.63, 3.8) is 0 Å². The summed E-state index contributed by atoms with van der Waals surface area (Å²) in [5.41, 5.74) is 0.453. The van der Waals surface area contributed by atoms with E-state index in [1.807, 2.05) is 6.07 Å². The normalized spacial score (nSPS) is 38.6. The number of rotatable bonds is 3.